The van der Waals surface area contributed by atoms with Crippen LogP contribution in [-0.4, -0.2) is 74.0 Å². The summed E-state index contributed by atoms with van der Waals surface area (Å²) in [4.78, 5) is 0. The van der Waals surface area contributed by atoms with E-state index in [9.17, 15) is 0 Å². The Bertz CT molecular complexity index is 6.00. The van der Waals surface area contributed by atoms with Gasteiger partial charge in [0.25, 0.3) is 0 Å². The van der Waals surface area contributed by atoms with Crippen molar-refractivity contribution in [2.75, 3.05) is 0 Å². The molecule has 12 radical (unpaired) electrons. The smallest absolute Gasteiger partial charge is 0 e. The number of rotatable bonds is 0. The third kappa shape index (κ3) is 8.97. The summed E-state index contributed by atoms with van der Waals surface area (Å²) < 4.78 is 0. The fourth-order valence-electron chi connectivity index (χ4n) is 0. The van der Waals surface area contributed by atoms with Gasteiger partial charge in [-0.1, -0.05) is 0 Å². The Labute approximate surface area is 94.4 Å². The van der Waals surface area contributed by atoms with Crippen LogP contribution in [0.4, 0.5) is 0 Å². The second kappa shape index (κ2) is 16.3. The first-order chi connectivity index (χ1) is 0. The zero-order valence-corrected chi connectivity index (χ0v) is 12.4. The van der Waals surface area contributed by atoms with Gasteiger partial charge in [-0.3, -0.25) is 0 Å². The van der Waals surface area contributed by atoms with Gasteiger partial charge in [-0.2, -0.15) is 0 Å². The van der Waals surface area contributed by atoms with E-state index < -0.39 is 0 Å². The molecule has 0 aliphatic carbocycles. The molecule has 0 aliphatic rings. The van der Waals surface area contributed by atoms with E-state index in [0.717, 1.165) is 0 Å². The predicted molar refractivity (Wildman–Crippen MR) is 17.3 cm³/mol. The topological polar surface area (TPSA) is 0 Å². The van der Waals surface area contributed by atoms with E-state index in [1.807, 2.05) is 0 Å². The van der Waals surface area contributed by atoms with Gasteiger partial charge in [-0.25, -0.2) is 0 Å². The molecule has 0 rings (SSSR count). The molecule has 24 valence electrons. The van der Waals surface area contributed by atoms with Crippen molar-refractivity contribution in [2.24, 2.45) is 0 Å². The fourth-order valence-corrected chi connectivity index (χ4v) is 0. The van der Waals surface area contributed by atoms with Gasteiger partial charge in [-0.15, -0.1) is 0 Å². The Kier molecular flexibility index (Phi) is 110. The van der Waals surface area contributed by atoms with Crippen molar-refractivity contribution in [3.63, 3.8) is 0 Å². The van der Waals surface area contributed by atoms with E-state index in [-0.39, 0.29) is 96.4 Å². The number of hydrogen-bond donors (Lipinski definition) is 0. The Morgan fingerprint density at radius 1 is 0.750 bits per heavy atom. The molecule has 0 aromatic heterocycles. The molecule has 0 fully saturated rings. The quantitative estimate of drug-likeness (QED) is 0.333. The van der Waals surface area contributed by atoms with Crippen molar-refractivity contribution in [1.29, 1.82) is 0 Å². The van der Waals surface area contributed by atoms with Crippen LogP contribution in [0.2, 0.25) is 0 Å². The first-order valence-corrected chi connectivity index (χ1v) is 0. The summed E-state index contributed by atoms with van der Waals surface area (Å²) in [5, 5.41) is 0. The molecule has 0 unspecified atom stereocenters. The molecule has 0 heterocycles. The van der Waals surface area contributed by atoms with Gasteiger partial charge >= 0.3 is 0 Å². The largest absolute Gasteiger partial charge is 0 e. The van der Waals surface area contributed by atoms with Crippen molar-refractivity contribution < 1.29 is 22.4 Å². The molecule has 0 nitrogen and oxygen atoms in total. The van der Waals surface area contributed by atoms with Crippen LogP contribution >= 0.6 is 0 Å². The monoisotopic (exact) mass is 556 g/mol. The van der Waals surface area contributed by atoms with Gasteiger partial charge in [0.1, 0.15) is 0 Å². The maximum Gasteiger partial charge on any atom is 0 e. The standard InChI is InChI=1S/Ag.Bi.2Sn. The molecule has 0 aliphatic heterocycles. The third-order valence-corrected chi connectivity index (χ3v) is 0. The molecule has 0 saturated carbocycles. The summed E-state index contributed by atoms with van der Waals surface area (Å²) in [5.41, 5.74) is 0. The third-order valence-electron chi connectivity index (χ3n) is 0. The van der Waals surface area contributed by atoms with Gasteiger partial charge in [0, 0.05) is 96.4 Å². The van der Waals surface area contributed by atoms with Gasteiger partial charge in [0.2, 0.25) is 0 Å². The Balaban J connectivity index is 0. The molecule has 4 heavy (non-hydrogen) atoms. The number of hydrogen-bond acceptors (Lipinski definition) is 0. The van der Waals surface area contributed by atoms with Crippen LogP contribution < -0.4 is 0 Å². The normalized spacial score (nSPS) is 0. The van der Waals surface area contributed by atoms with Crippen LogP contribution in [0.1, 0.15) is 0 Å². The summed E-state index contributed by atoms with van der Waals surface area (Å²) >= 11 is 0. The molecule has 0 atom stereocenters. The molecule has 0 spiro atoms. The van der Waals surface area contributed by atoms with Crippen molar-refractivity contribution in [3.8, 4) is 0 Å². The average Bonchev–Trinajstić information content (AvgIpc) is 0. The van der Waals surface area contributed by atoms with E-state index in [0.29, 0.717) is 0 Å². The second-order valence-corrected chi connectivity index (χ2v) is 0. The molecule has 0 bridgehead atoms. The Morgan fingerprint density at radius 2 is 0.750 bits per heavy atom. The molecular formula is AgBiSn2. The first-order valence-electron chi connectivity index (χ1n) is 0. The maximum atomic E-state index is 0. The van der Waals surface area contributed by atoms with E-state index in [1.54, 1.807) is 0 Å². The van der Waals surface area contributed by atoms with Gasteiger partial charge in [-0.05, 0) is 0 Å². The molecule has 0 saturated heterocycles. The molecule has 0 aromatic carbocycles. The minimum Gasteiger partial charge on any atom is 0 e. The van der Waals surface area contributed by atoms with Gasteiger partial charge < -0.3 is 0 Å². The molecule has 0 aromatic rings. The van der Waals surface area contributed by atoms with E-state index in [2.05, 4.69) is 0 Å². The van der Waals surface area contributed by atoms with Gasteiger partial charge in [0.05, 0.1) is 0 Å². The Morgan fingerprint density at radius 3 is 0.750 bits per heavy atom. The van der Waals surface area contributed by atoms with Crippen molar-refractivity contribution in [2.45, 2.75) is 0 Å². The zero-order chi connectivity index (χ0) is 0. The van der Waals surface area contributed by atoms with Crippen LogP contribution in [0.25, 0.3) is 0 Å². The predicted octanol–water partition coefficient (Wildman–Crippen LogP) is -1.14. The minimum absolute atomic E-state index is 0. The summed E-state index contributed by atoms with van der Waals surface area (Å²) in [6.45, 7) is 0. The fraction of sp³-hybridized carbons (Fsp3) is 0. The summed E-state index contributed by atoms with van der Waals surface area (Å²) in [6.07, 6.45) is 0. The van der Waals surface area contributed by atoms with Crippen LogP contribution in [-0.2, 0) is 22.4 Å². The van der Waals surface area contributed by atoms with Gasteiger partial charge in [0.15, 0.2) is 0 Å². The van der Waals surface area contributed by atoms with Crippen molar-refractivity contribution in [1.82, 2.24) is 0 Å². The second-order valence-electron chi connectivity index (χ2n) is 0. The molecule has 4 heteroatoms. The SMILES string of the molecule is [Ag].[Bi].[Sn].[Sn]. The van der Waals surface area contributed by atoms with Crippen LogP contribution in [0, 0.1) is 0 Å². The summed E-state index contributed by atoms with van der Waals surface area (Å²) in [6, 6.07) is 0. The minimum atomic E-state index is 0. The van der Waals surface area contributed by atoms with Crippen LogP contribution in [0.3, 0.4) is 0 Å². The Hall–Kier alpha value is 3.22. The van der Waals surface area contributed by atoms with Crippen molar-refractivity contribution >= 4 is 74.0 Å². The van der Waals surface area contributed by atoms with Crippen LogP contribution in [0.15, 0.2) is 0 Å². The van der Waals surface area contributed by atoms with Crippen LogP contribution in [0.5, 0.6) is 0 Å². The average molecular weight is 554 g/mol. The first kappa shape index (κ1) is 26.9. The molecule has 0 amide bonds. The van der Waals surface area contributed by atoms with E-state index >= 15 is 0 Å². The molecule has 0 N–H and O–H groups in total. The maximum absolute atomic E-state index is 0. The van der Waals surface area contributed by atoms with Crippen molar-refractivity contribution in [3.05, 3.63) is 0 Å². The molecular weight excluding hydrogens is 554 g/mol. The zero-order valence-electron chi connectivity index (χ0n) is 1.75. The summed E-state index contributed by atoms with van der Waals surface area (Å²) in [5.74, 6) is 0. The van der Waals surface area contributed by atoms with E-state index in [1.165, 1.54) is 0 Å². The van der Waals surface area contributed by atoms with E-state index in [4.69, 9.17) is 0 Å². The summed E-state index contributed by atoms with van der Waals surface area (Å²) in [7, 11) is 0.